The molecule has 0 bridgehead atoms. The maximum Gasteiger partial charge on any atom is 0.00965 e. The third kappa shape index (κ3) is 3.55. The van der Waals surface area contributed by atoms with Crippen LogP contribution < -0.4 is 11.1 Å². The highest BCUT2D eigenvalue weighted by molar-refractivity contribution is 4.89. The maximum absolute atomic E-state index is 5.45. The second-order valence-electron chi connectivity index (χ2n) is 4.26. The van der Waals surface area contributed by atoms with Gasteiger partial charge in [-0.2, -0.15) is 0 Å². The van der Waals surface area contributed by atoms with Gasteiger partial charge in [-0.05, 0) is 44.2 Å². The van der Waals surface area contributed by atoms with Gasteiger partial charge in [0.1, 0.15) is 0 Å². The predicted octanol–water partition coefficient (Wildman–Crippen LogP) is 1.36. The Hall–Kier alpha value is -0.0800. The van der Waals surface area contributed by atoms with Crippen molar-refractivity contribution in [2.24, 2.45) is 17.6 Å². The average molecular weight is 170 g/mol. The molecule has 1 saturated carbocycles. The molecular formula is C10H22N2. The Balaban J connectivity index is 1.91. The van der Waals surface area contributed by atoms with Crippen LogP contribution in [-0.4, -0.2) is 19.1 Å². The quantitative estimate of drug-likeness (QED) is 0.631. The summed E-state index contributed by atoms with van der Waals surface area (Å²) in [5.74, 6) is 1.72. The Morgan fingerprint density at radius 2 is 2.25 bits per heavy atom. The van der Waals surface area contributed by atoms with E-state index < -0.39 is 0 Å². The smallest absolute Gasteiger partial charge is 0.00965 e. The highest BCUT2D eigenvalue weighted by Gasteiger charge is 2.31. The molecular weight excluding hydrogens is 148 g/mol. The van der Waals surface area contributed by atoms with Crippen LogP contribution in [0, 0.1) is 11.8 Å². The largest absolute Gasteiger partial charge is 0.330 e. The maximum atomic E-state index is 5.45. The molecule has 0 aromatic carbocycles. The molecule has 1 fully saturated rings. The molecule has 0 spiro atoms. The third-order valence-electron chi connectivity index (χ3n) is 2.74. The molecule has 0 amide bonds. The molecule has 1 aliphatic rings. The fourth-order valence-electron chi connectivity index (χ4n) is 1.53. The molecule has 3 N–H and O–H groups in total. The number of nitrogens with two attached hydrogens (primary N) is 1. The van der Waals surface area contributed by atoms with Gasteiger partial charge in [0.2, 0.25) is 0 Å². The minimum absolute atomic E-state index is 0.793. The summed E-state index contributed by atoms with van der Waals surface area (Å²) in [5, 5.41) is 3.57. The number of hydrogen-bond donors (Lipinski definition) is 2. The molecule has 1 aliphatic carbocycles. The van der Waals surface area contributed by atoms with E-state index in [1.807, 2.05) is 0 Å². The molecule has 72 valence electrons. The first kappa shape index (κ1) is 10.0. The topological polar surface area (TPSA) is 38.0 Å². The van der Waals surface area contributed by atoms with Crippen LogP contribution >= 0.6 is 0 Å². The van der Waals surface area contributed by atoms with Gasteiger partial charge in [-0.3, -0.25) is 0 Å². The zero-order valence-electron chi connectivity index (χ0n) is 8.34. The van der Waals surface area contributed by atoms with Crippen molar-refractivity contribution in [2.75, 3.05) is 13.1 Å². The first-order valence-electron chi connectivity index (χ1n) is 5.17. The van der Waals surface area contributed by atoms with Gasteiger partial charge < -0.3 is 11.1 Å². The molecule has 0 saturated heterocycles. The Labute approximate surface area is 75.9 Å². The second-order valence-corrected chi connectivity index (χ2v) is 4.26. The van der Waals surface area contributed by atoms with Crippen molar-refractivity contribution in [2.45, 2.75) is 39.2 Å². The summed E-state index contributed by atoms with van der Waals surface area (Å²) in [6.07, 6.45) is 3.82. The van der Waals surface area contributed by atoms with E-state index in [-0.39, 0.29) is 0 Å². The van der Waals surface area contributed by atoms with Gasteiger partial charge in [-0.1, -0.05) is 13.8 Å². The van der Waals surface area contributed by atoms with Crippen LogP contribution in [0.15, 0.2) is 0 Å². The lowest BCUT2D eigenvalue weighted by atomic mass is 10.1. The van der Waals surface area contributed by atoms with E-state index >= 15 is 0 Å². The van der Waals surface area contributed by atoms with Gasteiger partial charge in [-0.25, -0.2) is 0 Å². The molecule has 2 heteroatoms. The third-order valence-corrected chi connectivity index (χ3v) is 2.74. The monoisotopic (exact) mass is 170 g/mol. The van der Waals surface area contributed by atoms with Crippen LogP contribution in [0.1, 0.15) is 33.1 Å². The van der Waals surface area contributed by atoms with Gasteiger partial charge in [0.05, 0.1) is 0 Å². The van der Waals surface area contributed by atoms with Gasteiger partial charge >= 0.3 is 0 Å². The Bertz CT molecular complexity index is 125. The average Bonchev–Trinajstić information content (AvgIpc) is 2.75. The molecule has 2 nitrogen and oxygen atoms in total. The summed E-state index contributed by atoms with van der Waals surface area (Å²) in [6, 6.07) is 0.824. The summed E-state index contributed by atoms with van der Waals surface area (Å²) >= 11 is 0. The molecule has 0 aromatic rings. The molecule has 1 rings (SSSR count). The van der Waals surface area contributed by atoms with Crippen LogP contribution in [0.25, 0.3) is 0 Å². The van der Waals surface area contributed by atoms with Gasteiger partial charge in [-0.15, -0.1) is 0 Å². The summed E-state index contributed by atoms with van der Waals surface area (Å²) in [4.78, 5) is 0. The molecule has 0 heterocycles. The van der Waals surface area contributed by atoms with Crippen molar-refractivity contribution in [3.8, 4) is 0 Å². The van der Waals surface area contributed by atoms with E-state index in [4.69, 9.17) is 5.73 Å². The molecule has 3 unspecified atom stereocenters. The van der Waals surface area contributed by atoms with E-state index in [1.165, 1.54) is 25.8 Å². The van der Waals surface area contributed by atoms with Crippen LogP contribution in [0.4, 0.5) is 0 Å². The van der Waals surface area contributed by atoms with Gasteiger partial charge in [0, 0.05) is 6.04 Å². The lowest BCUT2D eigenvalue weighted by Crippen LogP contribution is -2.24. The number of hydrogen-bond acceptors (Lipinski definition) is 2. The SMILES string of the molecule is CC(CCCN)CNC1CC1C. The van der Waals surface area contributed by atoms with Crippen LogP contribution in [-0.2, 0) is 0 Å². The Morgan fingerprint density at radius 3 is 2.75 bits per heavy atom. The molecule has 12 heavy (non-hydrogen) atoms. The van der Waals surface area contributed by atoms with E-state index in [2.05, 4.69) is 19.2 Å². The molecule has 0 radical (unpaired) electrons. The molecule has 0 aliphatic heterocycles. The van der Waals surface area contributed by atoms with Crippen molar-refractivity contribution in [1.82, 2.24) is 5.32 Å². The second kappa shape index (κ2) is 4.83. The summed E-state index contributed by atoms with van der Waals surface area (Å²) in [6.45, 7) is 6.62. The summed E-state index contributed by atoms with van der Waals surface area (Å²) in [5.41, 5.74) is 5.45. The minimum atomic E-state index is 0.793. The normalized spacial score (nSPS) is 30.2. The fraction of sp³-hybridized carbons (Fsp3) is 1.00. The zero-order valence-corrected chi connectivity index (χ0v) is 8.34. The predicted molar refractivity (Wildman–Crippen MR) is 53.0 cm³/mol. The van der Waals surface area contributed by atoms with Crippen molar-refractivity contribution in [3.05, 3.63) is 0 Å². The van der Waals surface area contributed by atoms with Crippen LogP contribution in [0.2, 0.25) is 0 Å². The van der Waals surface area contributed by atoms with E-state index in [0.717, 1.165) is 24.4 Å². The van der Waals surface area contributed by atoms with Gasteiger partial charge in [0.25, 0.3) is 0 Å². The molecule has 3 atom stereocenters. The Morgan fingerprint density at radius 1 is 1.58 bits per heavy atom. The van der Waals surface area contributed by atoms with Crippen molar-refractivity contribution in [3.63, 3.8) is 0 Å². The summed E-state index contributed by atoms with van der Waals surface area (Å²) in [7, 11) is 0. The fourth-order valence-corrected chi connectivity index (χ4v) is 1.53. The highest BCUT2D eigenvalue weighted by Crippen LogP contribution is 2.29. The number of nitrogens with one attached hydrogen (secondary N) is 1. The van der Waals surface area contributed by atoms with Crippen molar-refractivity contribution < 1.29 is 0 Å². The van der Waals surface area contributed by atoms with E-state index in [1.54, 1.807) is 0 Å². The van der Waals surface area contributed by atoms with Crippen molar-refractivity contribution in [1.29, 1.82) is 0 Å². The van der Waals surface area contributed by atoms with Crippen LogP contribution in [0.5, 0.6) is 0 Å². The van der Waals surface area contributed by atoms with E-state index in [9.17, 15) is 0 Å². The number of rotatable bonds is 6. The van der Waals surface area contributed by atoms with Crippen LogP contribution in [0.3, 0.4) is 0 Å². The highest BCUT2D eigenvalue weighted by atomic mass is 15.0. The Kier molecular flexibility index (Phi) is 4.02. The van der Waals surface area contributed by atoms with Crippen molar-refractivity contribution >= 4 is 0 Å². The first-order chi connectivity index (χ1) is 5.74. The minimum Gasteiger partial charge on any atom is -0.330 e. The standard InChI is InChI=1S/C10H22N2/c1-8(4-3-5-11)7-12-10-6-9(10)2/h8-10,12H,3-7,11H2,1-2H3. The first-order valence-corrected chi connectivity index (χ1v) is 5.17. The molecule has 0 aromatic heterocycles. The van der Waals surface area contributed by atoms with Gasteiger partial charge in [0.15, 0.2) is 0 Å². The lowest BCUT2D eigenvalue weighted by molar-refractivity contribution is 0.463. The van der Waals surface area contributed by atoms with E-state index in [0.29, 0.717) is 0 Å². The summed E-state index contributed by atoms with van der Waals surface area (Å²) < 4.78 is 0. The zero-order chi connectivity index (χ0) is 8.97. The lowest BCUT2D eigenvalue weighted by Gasteiger charge is -2.11.